The predicted molar refractivity (Wildman–Crippen MR) is 75.3 cm³/mol. The summed E-state index contributed by atoms with van der Waals surface area (Å²) in [5, 5.41) is 8.79. The second kappa shape index (κ2) is 7.08. The van der Waals surface area contributed by atoms with Crippen molar-refractivity contribution in [1.82, 2.24) is 4.90 Å². The lowest BCUT2D eigenvalue weighted by molar-refractivity contribution is -0.147. The summed E-state index contributed by atoms with van der Waals surface area (Å²) >= 11 is 0. The third-order valence-corrected chi connectivity index (χ3v) is 3.43. The summed E-state index contributed by atoms with van der Waals surface area (Å²) in [6.45, 7) is 1.18. The van der Waals surface area contributed by atoms with E-state index < -0.39 is 12.1 Å². The molecule has 0 bridgehead atoms. The van der Waals surface area contributed by atoms with Crippen LogP contribution < -0.4 is 4.74 Å². The van der Waals surface area contributed by atoms with Gasteiger partial charge in [-0.3, -0.25) is 9.59 Å². The predicted octanol–water partition coefficient (Wildman–Crippen LogP) is 0.940. The van der Waals surface area contributed by atoms with Crippen LogP contribution in [0.4, 0.5) is 0 Å². The number of nitrogens with zero attached hydrogens (tertiary/aromatic N) is 1. The van der Waals surface area contributed by atoms with Crippen LogP contribution in [-0.4, -0.2) is 54.8 Å². The van der Waals surface area contributed by atoms with Gasteiger partial charge in [0.1, 0.15) is 5.75 Å². The van der Waals surface area contributed by atoms with Crippen LogP contribution in [0.15, 0.2) is 24.3 Å². The fourth-order valence-electron chi connectivity index (χ4n) is 2.39. The number of carbonyl (C=O) groups excluding carboxylic acids is 1. The maximum Gasteiger partial charge on any atom is 0.306 e. The van der Waals surface area contributed by atoms with E-state index >= 15 is 0 Å². The third-order valence-electron chi connectivity index (χ3n) is 3.43. The van der Waals surface area contributed by atoms with E-state index in [2.05, 4.69) is 0 Å². The zero-order chi connectivity index (χ0) is 15.2. The number of morpholine rings is 1. The Labute approximate surface area is 123 Å². The number of hydrogen-bond acceptors (Lipinski definition) is 4. The number of para-hydroxylation sites is 1. The van der Waals surface area contributed by atoms with E-state index in [-0.39, 0.29) is 18.7 Å². The summed E-state index contributed by atoms with van der Waals surface area (Å²) in [6.07, 6.45) is -0.278. The summed E-state index contributed by atoms with van der Waals surface area (Å²) in [5.41, 5.74) is 0.825. The third kappa shape index (κ3) is 4.19. The van der Waals surface area contributed by atoms with Crippen LogP contribution in [0.1, 0.15) is 12.0 Å². The Balaban J connectivity index is 1.98. The largest absolute Gasteiger partial charge is 0.496 e. The molecule has 1 atom stereocenters. The number of carboxylic acid groups (broad SMARTS) is 1. The van der Waals surface area contributed by atoms with E-state index in [1.54, 1.807) is 12.0 Å². The van der Waals surface area contributed by atoms with Crippen LogP contribution in [0.25, 0.3) is 0 Å². The van der Waals surface area contributed by atoms with Gasteiger partial charge in [0.25, 0.3) is 0 Å². The standard InChI is InChI=1S/C15H19NO5/c1-20-13-5-3-2-4-11(13)8-14(17)16-6-7-21-12(10-16)9-15(18)19/h2-5,12H,6-10H2,1H3,(H,18,19)/t12-/m1/s1. The van der Waals surface area contributed by atoms with Crippen LogP contribution in [0.2, 0.25) is 0 Å². The second-order valence-electron chi connectivity index (χ2n) is 4.92. The van der Waals surface area contributed by atoms with Gasteiger partial charge < -0.3 is 19.5 Å². The maximum absolute atomic E-state index is 12.3. The highest BCUT2D eigenvalue weighted by atomic mass is 16.5. The normalized spacial score (nSPS) is 18.3. The van der Waals surface area contributed by atoms with Crippen molar-refractivity contribution < 1.29 is 24.2 Å². The summed E-state index contributed by atoms with van der Waals surface area (Å²) in [5.74, 6) is -0.279. The molecule has 0 radical (unpaired) electrons. The minimum absolute atomic E-state index is 0.0433. The molecule has 1 amide bonds. The van der Waals surface area contributed by atoms with Gasteiger partial charge in [-0.2, -0.15) is 0 Å². The smallest absolute Gasteiger partial charge is 0.306 e. The van der Waals surface area contributed by atoms with Gasteiger partial charge in [0.2, 0.25) is 5.91 Å². The molecule has 1 N–H and O–H groups in total. The number of hydrogen-bond donors (Lipinski definition) is 1. The Morgan fingerprint density at radius 2 is 2.19 bits per heavy atom. The quantitative estimate of drug-likeness (QED) is 0.874. The van der Waals surface area contributed by atoms with E-state index in [1.807, 2.05) is 24.3 Å². The molecule has 1 saturated heterocycles. The molecule has 6 heteroatoms. The molecular formula is C15H19NO5. The number of methoxy groups -OCH3 is 1. The van der Waals surface area contributed by atoms with Gasteiger partial charge in [0.05, 0.1) is 32.7 Å². The van der Waals surface area contributed by atoms with E-state index in [4.69, 9.17) is 14.6 Å². The monoisotopic (exact) mass is 293 g/mol. The number of carboxylic acids is 1. The fourth-order valence-corrected chi connectivity index (χ4v) is 2.39. The first kappa shape index (κ1) is 15.3. The molecule has 1 aliphatic rings. The summed E-state index contributed by atoms with van der Waals surface area (Å²) < 4.78 is 10.6. The van der Waals surface area contributed by atoms with Crippen molar-refractivity contribution in [2.75, 3.05) is 26.8 Å². The number of amides is 1. The van der Waals surface area contributed by atoms with E-state index in [9.17, 15) is 9.59 Å². The average Bonchev–Trinajstić information content (AvgIpc) is 2.47. The number of rotatable bonds is 5. The van der Waals surface area contributed by atoms with Crippen molar-refractivity contribution in [2.24, 2.45) is 0 Å². The highest BCUT2D eigenvalue weighted by Gasteiger charge is 2.26. The average molecular weight is 293 g/mol. The molecule has 0 aromatic heterocycles. The second-order valence-corrected chi connectivity index (χ2v) is 4.92. The lowest BCUT2D eigenvalue weighted by Crippen LogP contribution is -2.46. The minimum atomic E-state index is -0.918. The molecule has 1 aromatic carbocycles. The highest BCUT2D eigenvalue weighted by molar-refractivity contribution is 5.79. The number of ether oxygens (including phenoxy) is 2. The van der Waals surface area contributed by atoms with Gasteiger partial charge >= 0.3 is 5.97 Å². The van der Waals surface area contributed by atoms with E-state index in [0.717, 1.165) is 5.56 Å². The van der Waals surface area contributed by atoms with Crippen molar-refractivity contribution in [1.29, 1.82) is 0 Å². The fraction of sp³-hybridized carbons (Fsp3) is 0.467. The number of aliphatic carboxylic acids is 1. The Bertz CT molecular complexity index is 517. The van der Waals surface area contributed by atoms with Crippen molar-refractivity contribution in [2.45, 2.75) is 18.9 Å². The molecule has 6 nitrogen and oxygen atoms in total. The molecule has 0 unspecified atom stereocenters. The summed E-state index contributed by atoms with van der Waals surface area (Å²) in [7, 11) is 1.57. The summed E-state index contributed by atoms with van der Waals surface area (Å²) in [4.78, 5) is 24.7. The Kier molecular flexibility index (Phi) is 5.16. The molecule has 21 heavy (non-hydrogen) atoms. The van der Waals surface area contributed by atoms with E-state index in [0.29, 0.717) is 25.4 Å². The van der Waals surface area contributed by atoms with Crippen molar-refractivity contribution in [3.8, 4) is 5.75 Å². The summed E-state index contributed by atoms with van der Waals surface area (Å²) in [6, 6.07) is 7.38. The molecule has 2 rings (SSSR count). The van der Waals surface area contributed by atoms with Gasteiger partial charge in [-0.1, -0.05) is 18.2 Å². The van der Waals surface area contributed by atoms with Crippen LogP contribution in [0, 0.1) is 0 Å². The first-order chi connectivity index (χ1) is 10.1. The van der Waals surface area contributed by atoms with Crippen molar-refractivity contribution >= 4 is 11.9 Å². The SMILES string of the molecule is COc1ccccc1CC(=O)N1CCO[C@H](CC(=O)O)C1. The van der Waals surface area contributed by atoms with Crippen LogP contribution in [0.5, 0.6) is 5.75 Å². The number of benzene rings is 1. The van der Waals surface area contributed by atoms with Gasteiger partial charge in [-0.15, -0.1) is 0 Å². The van der Waals surface area contributed by atoms with E-state index in [1.165, 1.54) is 0 Å². The molecule has 0 aliphatic carbocycles. The van der Waals surface area contributed by atoms with Crippen LogP contribution >= 0.6 is 0 Å². The minimum Gasteiger partial charge on any atom is -0.496 e. The molecule has 0 spiro atoms. The maximum atomic E-state index is 12.3. The Morgan fingerprint density at radius 3 is 2.90 bits per heavy atom. The molecule has 114 valence electrons. The molecule has 1 heterocycles. The van der Waals surface area contributed by atoms with Gasteiger partial charge in [0, 0.05) is 18.7 Å². The van der Waals surface area contributed by atoms with Crippen LogP contribution in [0.3, 0.4) is 0 Å². The van der Waals surface area contributed by atoms with Gasteiger partial charge in [-0.25, -0.2) is 0 Å². The first-order valence-electron chi connectivity index (χ1n) is 6.83. The zero-order valence-electron chi connectivity index (χ0n) is 11.9. The molecular weight excluding hydrogens is 274 g/mol. The molecule has 1 fully saturated rings. The topological polar surface area (TPSA) is 76.1 Å². The molecule has 1 aromatic rings. The van der Waals surface area contributed by atoms with Crippen LogP contribution in [-0.2, 0) is 20.7 Å². The molecule has 0 saturated carbocycles. The van der Waals surface area contributed by atoms with Gasteiger partial charge in [0.15, 0.2) is 0 Å². The highest BCUT2D eigenvalue weighted by Crippen LogP contribution is 2.19. The Hall–Kier alpha value is -2.08. The Morgan fingerprint density at radius 1 is 1.43 bits per heavy atom. The first-order valence-corrected chi connectivity index (χ1v) is 6.83. The van der Waals surface area contributed by atoms with Crippen molar-refractivity contribution in [3.63, 3.8) is 0 Å². The zero-order valence-corrected chi connectivity index (χ0v) is 11.9. The lowest BCUT2D eigenvalue weighted by Gasteiger charge is -2.32. The molecule has 1 aliphatic heterocycles. The van der Waals surface area contributed by atoms with Gasteiger partial charge in [-0.05, 0) is 6.07 Å². The van der Waals surface area contributed by atoms with Crippen molar-refractivity contribution in [3.05, 3.63) is 29.8 Å². The lowest BCUT2D eigenvalue weighted by atomic mass is 10.1. The number of carbonyl (C=O) groups is 2.